The Morgan fingerprint density at radius 2 is 0.808 bits per heavy atom. The van der Waals surface area contributed by atoms with Crippen LogP contribution in [0, 0.1) is 0 Å². The number of carbonyl (C=O) groups excluding carboxylic acids is 1. The molecule has 304 valence electrons. The number of hydrogen-bond donors (Lipinski definition) is 5. The van der Waals surface area contributed by atoms with Gasteiger partial charge in [0.2, 0.25) is 5.91 Å². The molecule has 0 rings (SSSR count). The monoisotopic (exact) mass is 732 g/mol. The van der Waals surface area contributed by atoms with Crippen LogP contribution in [0.5, 0.6) is 0 Å². The molecule has 0 radical (unpaired) electrons. The third kappa shape index (κ3) is 34.1. The van der Waals surface area contributed by atoms with E-state index in [1.54, 1.807) is 0 Å². The molecule has 0 bridgehead atoms. The summed E-state index contributed by atoms with van der Waals surface area (Å²) < 4.78 is 0. The predicted octanol–water partition coefficient (Wildman–Crippen LogP) is 11.5. The number of carbonyl (C=O) groups is 1. The maximum absolute atomic E-state index is 12.5. The van der Waals surface area contributed by atoms with Crippen molar-refractivity contribution in [3.8, 4) is 0 Å². The van der Waals surface area contributed by atoms with Gasteiger partial charge < -0.3 is 25.7 Å². The SMILES string of the molecule is CCCCCCCC/C=C/CC/C=C/CC/C=C/CCCC(O)C(O)C(CO)NC(=O)C(O)CCCCCC/C=C\CCCCCCCCCCC. The van der Waals surface area contributed by atoms with Crippen LogP contribution in [-0.4, -0.2) is 57.3 Å². The Hall–Kier alpha value is -1.73. The van der Waals surface area contributed by atoms with Gasteiger partial charge >= 0.3 is 0 Å². The van der Waals surface area contributed by atoms with Crippen LogP contribution < -0.4 is 5.32 Å². The number of nitrogens with one attached hydrogen (secondary N) is 1. The second kappa shape index (κ2) is 40.5. The summed E-state index contributed by atoms with van der Waals surface area (Å²) in [4.78, 5) is 12.5. The van der Waals surface area contributed by atoms with Gasteiger partial charge in [-0.3, -0.25) is 4.79 Å². The minimum Gasteiger partial charge on any atom is -0.394 e. The van der Waals surface area contributed by atoms with Crippen molar-refractivity contribution in [2.75, 3.05) is 6.61 Å². The van der Waals surface area contributed by atoms with Gasteiger partial charge in [0.25, 0.3) is 0 Å². The van der Waals surface area contributed by atoms with E-state index in [1.807, 2.05) is 0 Å². The van der Waals surface area contributed by atoms with E-state index in [2.05, 4.69) is 67.8 Å². The molecule has 0 spiro atoms. The molecular formula is C46H85NO5. The molecule has 0 aromatic rings. The largest absolute Gasteiger partial charge is 0.394 e. The van der Waals surface area contributed by atoms with Crippen LogP contribution in [-0.2, 0) is 4.79 Å². The number of allylic oxidation sites excluding steroid dienone is 8. The summed E-state index contributed by atoms with van der Waals surface area (Å²) in [5.41, 5.74) is 0. The van der Waals surface area contributed by atoms with Crippen LogP contribution in [0.2, 0.25) is 0 Å². The molecule has 0 fully saturated rings. The first-order valence-electron chi connectivity index (χ1n) is 22.0. The molecular weight excluding hydrogens is 647 g/mol. The lowest BCUT2D eigenvalue weighted by Gasteiger charge is -2.27. The van der Waals surface area contributed by atoms with E-state index in [0.29, 0.717) is 19.3 Å². The zero-order valence-electron chi connectivity index (χ0n) is 34.0. The normalized spacial score (nSPS) is 14.7. The Balaban J connectivity index is 3.86. The van der Waals surface area contributed by atoms with E-state index in [9.17, 15) is 25.2 Å². The van der Waals surface area contributed by atoms with E-state index >= 15 is 0 Å². The van der Waals surface area contributed by atoms with E-state index < -0.39 is 36.9 Å². The van der Waals surface area contributed by atoms with E-state index in [-0.39, 0.29) is 0 Å². The first kappa shape index (κ1) is 50.3. The summed E-state index contributed by atoms with van der Waals surface area (Å²) in [6.45, 7) is 4.01. The highest BCUT2D eigenvalue weighted by atomic mass is 16.3. The van der Waals surface area contributed by atoms with Gasteiger partial charge in [-0.2, -0.15) is 0 Å². The number of hydrogen-bond acceptors (Lipinski definition) is 5. The summed E-state index contributed by atoms with van der Waals surface area (Å²) in [5, 5.41) is 43.6. The molecule has 0 aliphatic heterocycles. The quantitative estimate of drug-likeness (QED) is 0.0319. The van der Waals surface area contributed by atoms with Crippen molar-refractivity contribution in [1.29, 1.82) is 0 Å². The lowest BCUT2D eigenvalue weighted by molar-refractivity contribution is -0.132. The lowest BCUT2D eigenvalue weighted by Crippen LogP contribution is -2.53. The fraction of sp³-hybridized carbons (Fsp3) is 0.804. The first-order valence-corrected chi connectivity index (χ1v) is 22.0. The Morgan fingerprint density at radius 1 is 0.462 bits per heavy atom. The second-order valence-electron chi connectivity index (χ2n) is 15.0. The molecule has 0 aliphatic rings. The second-order valence-corrected chi connectivity index (χ2v) is 15.0. The maximum Gasteiger partial charge on any atom is 0.249 e. The van der Waals surface area contributed by atoms with Gasteiger partial charge in [0.05, 0.1) is 18.8 Å². The highest BCUT2D eigenvalue weighted by molar-refractivity contribution is 5.80. The minimum absolute atomic E-state index is 0.343. The van der Waals surface area contributed by atoms with Crippen LogP contribution in [0.25, 0.3) is 0 Å². The molecule has 0 aromatic heterocycles. The standard InChI is InChI=1S/C46H85NO5/c1-3-5-7-9-11-13-15-17-19-21-22-24-25-27-29-31-33-35-37-39-43(49)45(51)42(41-48)47-46(52)44(50)40-38-36-34-32-30-28-26-23-20-18-16-14-12-10-8-6-4-2/h17,19,24-26,28,31,33,42-45,48-51H,3-16,18,20-23,27,29-30,32,34-41H2,1-2H3,(H,47,52)/b19-17+,25-24+,28-26-,33-31+. The molecule has 0 aliphatic carbocycles. The molecule has 0 saturated carbocycles. The molecule has 0 heterocycles. The third-order valence-corrected chi connectivity index (χ3v) is 9.97. The average molecular weight is 732 g/mol. The van der Waals surface area contributed by atoms with Crippen molar-refractivity contribution in [3.05, 3.63) is 48.6 Å². The Labute approximate surface area is 321 Å². The van der Waals surface area contributed by atoms with Gasteiger partial charge in [0.1, 0.15) is 12.2 Å². The molecule has 52 heavy (non-hydrogen) atoms. The molecule has 4 unspecified atom stereocenters. The van der Waals surface area contributed by atoms with Crippen LogP contribution in [0.1, 0.15) is 206 Å². The molecule has 0 aromatic carbocycles. The van der Waals surface area contributed by atoms with Crippen molar-refractivity contribution in [3.63, 3.8) is 0 Å². The van der Waals surface area contributed by atoms with Crippen molar-refractivity contribution in [2.45, 2.75) is 231 Å². The van der Waals surface area contributed by atoms with Crippen molar-refractivity contribution < 1.29 is 25.2 Å². The summed E-state index contributed by atoms with van der Waals surface area (Å²) in [5.74, 6) is -0.610. The number of aliphatic hydroxyl groups is 4. The highest BCUT2D eigenvalue weighted by Crippen LogP contribution is 2.14. The third-order valence-electron chi connectivity index (χ3n) is 9.97. The summed E-state index contributed by atoms with van der Waals surface area (Å²) in [6, 6.07) is -1.02. The van der Waals surface area contributed by atoms with E-state index in [4.69, 9.17) is 0 Å². The molecule has 0 saturated heterocycles. The van der Waals surface area contributed by atoms with Crippen LogP contribution in [0.15, 0.2) is 48.6 Å². The van der Waals surface area contributed by atoms with Gasteiger partial charge in [-0.25, -0.2) is 0 Å². The fourth-order valence-electron chi connectivity index (χ4n) is 6.43. The van der Waals surface area contributed by atoms with Gasteiger partial charge in [-0.1, -0.05) is 165 Å². The topological polar surface area (TPSA) is 110 Å². The van der Waals surface area contributed by atoms with Gasteiger partial charge in [-0.05, 0) is 89.9 Å². The first-order chi connectivity index (χ1) is 25.5. The molecule has 6 nitrogen and oxygen atoms in total. The number of aliphatic hydroxyl groups excluding tert-OH is 4. The van der Waals surface area contributed by atoms with Crippen LogP contribution in [0.3, 0.4) is 0 Å². The highest BCUT2D eigenvalue weighted by Gasteiger charge is 2.28. The Kier molecular flexibility index (Phi) is 39.1. The zero-order chi connectivity index (χ0) is 38.2. The molecule has 5 N–H and O–H groups in total. The van der Waals surface area contributed by atoms with Gasteiger partial charge in [0.15, 0.2) is 0 Å². The van der Waals surface area contributed by atoms with Crippen molar-refractivity contribution in [1.82, 2.24) is 5.32 Å². The molecule has 4 atom stereocenters. The predicted molar refractivity (Wildman–Crippen MR) is 223 cm³/mol. The van der Waals surface area contributed by atoms with Crippen molar-refractivity contribution in [2.24, 2.45) is 0 Å². The summed E-state index contributed by atoms with van der Waals surface area (Å²) in [7, 11) is 0. The van der Waals surface area contributed by atoms with Gasteiger partial charge in [-0.15, -0.1) is 0 Å². The average Bonchev–Trinajstić information content (AvgIpc) is 3.15. The smallest absolute Gasteiger partial charge is 0.249 e. The Morgan fingerprint density at radius 3 is 1.21 bits per heavy atom. The van der Waals surface area contributed by atoms with E-state index in [1.165, 1.54) is 109 Å². The fourth-order valence-corrected chi connectivity index (χ4v) is 6.43. The zero-order valence-corrected chi connectivity index (χ0v) is 34.0. The van der Waals surface area contributed by atoms with Gasteiger partial charge in [0, 0.05) is 0 Å². The number of unbranched alkanes of at least 4 members (excludes halogenated alkanes) is 22. The number of amides is 1. The maximum atomic E-state index is 12.5. The number of rotatable bonds is 39. The van der Waals surface area contributed by atoms with E-state index in [0.717, 1.165) is 64.2 Å². The lowest BCUT2D eigenvalue weighted by atomic mass is 10.00. The summed E-state index contributed by atoms with van der Waals surface area (Å²) in [6.07, 6.45) is 48.5. The summed E-state index contributed by atoms with van der Waals surface area (Å²) >= 11 is 0. The Bertz CT molecular complexity index is 869. The van der Waals surface area contributed by atoms with Crippen LogP contribution >= 0.6 is 0 Å². The minimum atomic E-state index is -1.30. The molecule has 1 amide bonds. The molecule has 6 heteroatoms. The van der Waals surface area contributed by atoms with Crippen LogP contribution in [0.4, 0.5) is 0 Å². The van der Waals surface area contributed by atoms with Crippen molar-refractivity contribution >= 4 is 5.91 Å².